The van der Waals surface area contributed by atoms with E-state index in [1.165, 1.54) is 19.4 Å². The van der Waals surface area contributed by atoms with Crippen molar-refractivity contribution in [3.05, 3.63) is 54.0 Å². The molecule has 0 aromatic carbocycles. The summed E-state index contributed by atoms with van der Waals surface area (Å²) in [5, 5.41) is 14.5. The Morgan fingerprint density at radius 1 is 1.16 bits per heavy atom. The average Bonchev–Trinajstić information content (AvgIpc) is 3.79. The van der Waals surface area contributed by atoms with E-state index in [2.05, 4.69) is 25.8 Å². The van der Waals surface area contributed by atoms with Gasteiger partial charge in [-0.15, -0.1) is 0 Å². The van der Waals surface area contributed by atoms with E-state index in [1.807, 2.05) is 13.8 Å². The zero-order chi connectivity index (χ0) is 26.1. The Morgan fingerprint density at radius 3 is 2.54 bits per heavy atom. The fourth-order valence-electron chi connectivity index (χ4n) is 5.02. The molecule has 0 saturated heterocycles. The van der Waals surface area contributed by atoms with Crippen LogP contribution in [-0.4, -0.2) is 49.5 Å². The number of pyridine rings is 1. The molecule has 2 saturated carbocycles. The molecule has 0 bridgehead atoms. The summed E-state index contributed by atoms with van der Waals surface area (Å²) in [4.78, 5) is 30.8. The Hall–Kier alpha value is -3.76. The molecule has 3 aromatic heterocycles. The van der Waals surface area contributed by atoms with Crippen molar-refractivity contribution in [2.75, 3.05) is 12.4 Å². The molecular formula is C26H32FN7O3. The molecule has 2 N–H and O–H groups in total. The first-order valence-corrected chi connectivity index (χ1v) is 12.7. The normalized spacial score (nSPS) is 16.2. The monoisotopic (exact) mass is 509 g/mol. The lowest BCUT2D eigenvalue weighted by atomic mass is 9.88. The van der Waals surface area contributed by atoms with Crippen LogP contribution in [0.1, 0.15) is 61.6 Å². The number of hydrogen-bond acceptors (Lipinski definition) is 6. The number of nitrogens with one attached hydrogen (secondary N) is 2. The Kier molecular flexibility index (Phi) is 6.94. The highest BCUT2D eigenvalue weighted by molar-refractivity contribution is 6.00. The van der Waals surface area contributed by atoms with Gasteiger partial charge in [-0.1, -0.05) is 0 Å². The van der Waals surface area contributed by atoms with Gasteiger partial charge in [0.2, 0.25) is 11.8 Å². The highest BCUT2D eigenvalue weighted by Crippen LogP contribution is 2.51. The van der Waals surface area contributed by atoms with Gasteiger partial charge < -0.3 is 15.4 Å². The van der Waals surface area contributed by atoms with Crippen molar-refractivity contribution in [1.29, 1.82) is 0 Å². The molecule has 3 aromatic rings. The molecule has 0 aliphatic heterocycles. The first-order chi connectivity index (χ1) is 17.8. The van der Waals surface area contributed by atoms with E-state index in [0.29, 0.717) is 34.7 Å². The quantitative estimate of drug-likeness (QED) is 0.409. The van der Waals surface area contributed by atoms with Crippen LogP contribution in [0.15, 0.2) is 36.9 Å². The SMILES string of the molecule is COc1ncc(F)cc1Cn1cc(NC(=O)C(NC(=O)c2ccnn2C(C)C)C(C2CC2)C2CC2)cn1. The third-order valence-electron chi connectivity index (χ3n) is 7.00. The molecule has 2 aliphatic rings. The Balaban J connectivity index is 1.33. The Bertz CT molecular complexity index is 1270. The van der Waals surface area contributed by atoms with Crippen LogP contribution in [0.4, 0.5) is 10.1 Å². The zero-order valence-corrected chi connectivity index (χ0v) is 21.2. The second kappa shape index (κ2) is 10.3. The zero-order valence-electron chi connectivity index (χ0n) is 21.2. The lowest BCUT2D eigenvalue weighted by Crippen LogP contribution is -2.50. The predicted molar refractivity (Wildman–Crippen MR) is 134 cm³/mol. The van der Waals surface area contributed by atoms with Gasteiger partial charge >= 0.3 is 0 Å². The van der Waals surface area contributed by atoms with Crippen molar-refractivity contribution in [3.63, 3.8) is 0 Å². The topological polar surface area (TPSA) is 116 Å². The van der Waals surface area contributed by atoms with Gasteiger partial charge in [0.1, 0.15) is 17.6 Å². The minimum absolute atomic E-state index is 0.0171. The summed E-state index contributed by atoms with van der Waals surface area (Å²) in [6, 6.07) is 2.37. The molecule has 1 unspecified atom stereocenters. The van der Waals surface area contributed by atoms with Crippen LogP contribution in [-0.2, 0) is 11.3 Å². The average molecular weight is 510 g/mol. The van der Waals surface area contributed by atoms with E-state index in [1.54, 1.807) is 27.8 Å². The molecule has 11 heteroatoms. The van der Waals surface area contributed by atoms with Crippen molar-refractivity contribution in [2.24, 2.45) is 17.8 Å². The lowest BCUT2D eigenvalue weighted by Gasteiger charge is -2.27. The highest BCUT2D eigenvalue weighted by Gasteiger charge is 2.48. The minimum atomic E-state index is -0.668. The van der Waals surface area contributed by atoms with E-state index in [4.69, 9.17) is 4.74 Å². The number of halogens is 1. The Morgan fingerprint density at radius 2 is 1.89 bits per heavy atom. The van der Waals surface area contributed by atoms with Gasteiger partial charge in [0.05, 0.1) is 31.7 Å². The molecule has 5 rings (SSSR count). The fraction of sp³-hybridized carbons (Fsp3) is 0.500. The number of methoxy groups -OCH3 is 1. The number of aromatic nitrogens is 5. The summed E-state index contributed by atoms with van der Waals surface area (Å²) < 4.78 is 22.1. The third-order valence-corrected chi connectivity index (χ3v) is 7.00. The molecule has 10 nitrogen and oxygen atoms in total. The van der Waals surface area contributed by atoms with Gasteiger partial charge in [0.25, 0.3) is 5.91 Å². The van der Waals surface area contributed by atoms with Crippen LogP contribution in [0.5, 0.6) is 5.88 Å². The van der Waals surface area contributed by atoms with Crippen molar-refractivity contribution in [1.82, 2.24) is 29.9 Å². The third kappa shape index (κ3) is 5.65. The molecule has 0 spiro atoms. The first kappa shape index (κ1) is 24.9. The number of amides is 2. The maximum absolute atomic E-state index is 13.7. The van der Waals surface area contributed by atoms with Gasteiger partial charge in [0.15, 0.2) is 0 Å². The lowest BCUT2D eigenvalue weighted by molar-refractivity contribution is -0.119. The van der Waals surface area contributed by atoms with Crippen LogP contribution in [0.25, 0.3) is 0 Å². The summed E-state index contributed by atoms with van der Waals surface area (Å²) in [5.41, 5.74) is 1.45. The highest BCUT2D eigenvalue weighted by atomic mass is 19.1. The van der Waals surface area contributed by atoms with E-state index < -0.39 is 11.9 Å². The number of ether oxygens (including phenoxy) is 1. The van der Waals surface area contributed by atoms with Crippen molar-refractivity contribution >= 4 is 17.5 Å². The summed E-state index contributed by atoms with van der Waals surface area (Å²) in [5.74, 6) is 0.236. The van der Waals surface area contributed by atoms with E-state index in [-0.39, 0.29) is 30.3 Å². The van der Waals surface area contributed by atoms with Crippen molar-refractivity contribution < 1.29 is 18.7 Å². The molecule has 196 valence electrons. The second-order valence-electron chi connectivity index (χ2n) is 10.2. The summed E-state index contributed by atoms with van der Waals surface area (Å²) in [6.45, 7) is 4.13. The second-order valence-corrected chi connectivity index (χ2v) is 10.2. The van der Waals surface area contributed by atoms with Crippen LogP contribution in [0, 0.1) is 23.6 Å². The first-order valence-electron chi connectivity index (χ1n) is 12.7. The summed E-state index contributed by atoms with van der Waals surface area (Å²) >= 11 is 0. The van der Waals surface area contributed by atoms with Gasteiger partial charge in [-0.05, 0) is 69.4 Å². The molecule has 1 atom stereocenters. The molecule has 2 fully saturated rings. The maximum Gasteiger partial charge on any atom is 0.270 e. The molecule has 0 radical (unpaired) electrons. The number of anilines is 1. The van der Waals surface area contributed by atoms with Crippen LogP contribution in [0.2, 0.25) is 0 Å². The van der Waals surface area contributed by atoms with Crippen molar-refractivity contribution in [3.8, 4) is 5.88 Å². The number of carbonyl (C=O) groups excluding carboxylic acids is 2. The number of hydrogen-bond donors (Lipinski definition) is 2. The molecule has 3 heterocycles. The smallest absolute Gasteiger partial charge is 0.270 e. The number of carbonyl (C=O) groups is 2. The molecular weight excluding hydrogens is 477 g/mol. The van der Waals surface area contributed by atoms with Gasteiger partial charge in [0, 0.05) is 24.0 Å². The van der Waals surface area contributed by atoms with Crippen LogP contribution < -0.4 is 15.4 Å². The fourth-order valence-corrected chi connectivity index (χ4v) is 5.02. The molecule has 2 aliphatic carbocycles. The van der Waals surface area contributed by atoms with Crippen molar-refractivity contribution in [2.45, 2.75) is 58.2 Å². The summed E-state index contributed by atoms with van der Waals surface area (Å²) in [6.07, 6.45) is 10.2. The van der Waals surface area contributed by atoms with Crippen LogP contribution in [0.3, 0.4) is 0 Å². The van der Waals surface area contributed by atoms with Gasteiger partial charge in [-0.2, -0.15) is 10.2 Å². The Labute approximate surface area is 214 Å². The van der Waals surface area contributed by atoms with Crippen LogP contribution >= 0.6 is 0 Å². The maximum atomic E-state index is 13.7. The summed E-state index contributed by atoms with van der Waals surface area (Å²) in [7, 11) is 1.47. The van der Waals surface area contributed by atoms with E-state index in [0.717, 1.165) is 31.9 Å². The minimum Gasteiger partial charge on any atom is -0.481 e. The number of nitrogens with zero attached hydrogens (tertiary/aromatic N) is 5. The standard InChI is InChI=1S/C26H32FN7O3/c1-15(2)34-21(8-9-29-34)24(35)32-23(22(16-4-5-16)17-6-7-17)25(36)31-20-12-30-33(14-20)13-18-10-19(27)11-28-26(18)37-3/h8-12,14-17,22-23H,4-7,13H2,1-3H3,(H,31,36)(H,32,35). The number of rotatable bonds is 11. The molecule has 2 amide bonds. The van der Waals surface area contributed by atoms with E-state index >= 15 is 0 Å². The van der Waals surface area contributed by atoms with E-state index in [9.17, 15) is 14.0 Å². The largest absolute Gasteiger partial charge is 0.481 e. The predicted octanol–water partition coefficient (Wildman–Crippen LogP) is 3.42. The van der Waals surface area contributed by atoms with Gasteiger partial charge in [-0.25, -0.2) is 9.37 Å². The van der Waals surface area contributed by atoms with Gasteiger partial charge in [-0.3, -0.25) is 19.0 Å². The molecule has 37 heavy (non-hydrogen) atoms.